The number of esters is 2. The molecule has 0 aromatic heterocycles. The molecule has 0 aliphatic carbocycles. The summed E-state index contributed by atoms with van der Waals surface area (Å²) in [6.45, 7) is 0.163. The third kappa shape index (κ3) is 6.24. The molecule has 0 aliphatic heterocycles. The van der Waals surface area contributed by atoms with Crippen LogP contribution in [0.4, 0.5) is 0 Å². The van der Waals surface area contributed by atoms with E-state index < -0.39 is 11.9 Å². The average molecular weight is 422 g/mol. The largest absolute Gasteiger partial charge is 0.493 e. The van der Waals surface area contributed by atoms with Gasteiger partial charge < -0.3 is 23.7 Å². The molecule has 3 rings (SSSR count). The van der Waals surface area contributed by atoms with Crippen LogP contribution in [0, 0.1) is 0 Å². The fraction of sp³-hybridized carbons (Fsp3) is 0.167. The molecule has 0 fully saturated rings. The van der Waals surface area contributed by atoms with Gasteiger partial charge in [-0.2, -0.15) is 0 Å². The van der Waals surface area contributed by atoms with E-state index in [0.29, 0.717) is 18.1 Å². The van der Waals surface area contributed by atoms with Crippen molar-refractivity contribution >= 4 is 11.9 Å². The summed E-state index contributed by atoms with van der Waals surface area (Å²) in [5.41, 5.74) is 1.35. The SMILES string of the molecule is COC(=O)c1ccc(OC(=O)COc2ccc(OCc3ccccc3)cc2)c(OC)c1. The molecule has 7 nitrogen and oxygen atoms in total. The number of ether oxygens (including phenoxy) is 5. The Morgan fingerprint density at radius 3 is 2.10 bits per heavy atom. The van der Waals surface area contributed by atoms with E-state index in [4.69, 9.17) is 18.9 Å². The van der Waals surface area contributed by atoms with Crippen molar-refractivity contribution in [1.82, 2.24) is 0 Å². The second kappa shape index (κ2) is 10.7. The van der Waals surface area contributed by atoms with Crippen molar-refractivity contribution in [2.24, 2.45) is 0 Å². The van der Waals surface area contributed by atoms with Crippen LogP contribution in [-0.4, -0.2) is 32.8 Å². The first-order valence-electron chi connectivity index (χ1n) is 9.45. The number of benzene rings is 3. The summed E-state index contributed by atoms with van der Waals surface area (Å²) in [5.74, 6) is 0.458. The molecule has 160 valence electrons. The molecule has 0 aliphatic rings. The van der Waals surface area contributed by atoms with Gasteiger partial charge in [-0.05, 0) is 48.0 Å². The first-order chi connectivity index (χ1) is 15.1. The van der Waals surface area contributed by atoms with Gasteiger partial charge in [0, 0.05) is 0 Å². The fourth-order valence-corrected chi connectivity index (χ4v) is 2.66. The topological polar surface area (TPSA) is 80.3 Å². The molecular formula is C24H22O7. The Bertz CT molecular complexity index is 1010. The second-order valence-corrected chi connectivity index (χ2v) is 6.37. The van der Waals surface area contributed by atoms with E-state index in [2.05, 4.69) is 4.74 Å². The molecule has 3 aromatic carbocycles. The monoisotopic (exact) mass is 422 g/mol. The normalized spacial score (nSPS) is 10.1. The standard InChI is InChI=1S/C24H22O7/c1-27-22-14-18(24(26)28-2)8-13-21(22)31-23(25)16-30-20-11-9-19(10-12-20)29-15-17-6-4-3-5-7-17/h3-14H,15-16H2,1-2H3. The van der Waals surface area contributed by atoms with Crippen molar-refractivity contribution < 1.29 is 33.3 Å². The number of methoxy groups -OCH3 is 2. The van der Waals surface area contributed by atoms with Gasteiger partial charge >= 0.3 is 11.9 Å². The van der Waals surface area contributed by atoms with Gasteiger partial charge in [-0.25, -0.2) is 9.59 Å². The summed E-state index contributed by atoms with van der Waals surface area (Å²) in [7, 11) is 2.69. The van der Waals surface area contributed by atoms with E-state index in [1.807, 2.05) is 30.3 Å². The number of carbonyl (C=O) groups is 2. The lowest BCUT2D eigenvalue weighted by atomic mass is 10.2. The van der Waals surface area contributed by atoms with Gasteiger partial charge in [0.1, 0.15) is 18.1 Å². The van der Waals surface area contributed by atoms with Crippen molar-refractivity contribution in [3.05, 3.63) is 83.9 Å². The minimum atomic E-state index is -0.617. The summed E-state index contributed by atoms with van der Waals surface area (Å²) in [6.07, 6.45) is 0. The average Bonchev–Trinajstić information content (AvgIpc) is 2.82. The molecule has 0 saturated heterocycles. The maximum absolute atomic E-state index is 12.1. The minimum Gasteiger partial charge on any atom is -0.493 e. The van der Waals surface area contributed by atoms with Crippen molar-refractivity contribution in [3.8, 4) is 23.0 Å². The molecule has 0 atom stereocenters. The lowest BCUT2D eigenvalue weighted by Crippen LogP contribution is -2.18. The maximum atomic E-state index is 12.1. The van der Waals surface area contributed by atoms with Gasteiger partial charge in [0.25, 0.3) is 0 Å². The van der Waals surface area contributed by atoms with Crippen molar-refractivity contribution in [2.45, 2.75) is 6.61 Å². The lowest BCUT2D eigenvalue weighted by molar-refractivity contribution is -0.136. The van der Waals surface area contributed by atoms with Crippen LogP contribution >= 0.6 is 0 Å². The summed E-state index contributed by atoms with van der Waals surface area (Å²) < 4.78 is 26.3. The Morgan fingerprint density at radius 1 is 0.774 bits per heavy atom. The summed E-state index contributed by atoms with van der Waals surface area (Å²) >= 11 is 0. The van der Waals surface area contributed by atoms with Gasteiger partial charge in [-0.3, -0.25) is 0 Å². The molecule has 31 heavy (non-hydrogen) atoms. The van der Waals surface area contributed by atoms with Crippen LogP contribution in [0.2, 0.25) is 0 Å². The molecule has 0 radical (unpaired) electrons. The van der Waals surface area contributed by atoms with E-state index in [1.165, 1.54) is 32.4 Å². The van der Waals surface area contributed by atoms with E-state index in [0.717, 1.165) is 5.56 Å². The Kier molecular flexibility index (Phi) is 7.48. The quantitative estimate of drug-likeness (QED) is 0.380. The van der Waals surface area contributed by atoms with Crippen LogP contribution < -0.4 is 18.9 Å². The first-order valence-corrected chi connectivity index (χ1v) is 9.45. The highest BCUT2D eigenvalue weighted by atomic mass is 16.6. The molecule has 3 aromatic rings. The van der Waals surface area contributed by atoms with Gasteiger partial charge in [-0.1, -0.05) is 30.3 Å². The Balaban J connectivity index is 1.51. The first kappa shape index (κ1) is 21.7. The number of hydrogen-bond acceptors (Lipinski definition) is 7. The molecule has 0 amide bonds. The van der Waals surface area contributed by atoms with E-state index in [1.54, 1.807) is 24.3 Å². The zero-order valence-corrected chi connectivity index (χ0v) is 17.2. The molecule has 0 saturated carbocycles. The number of carbonyl (C=O) groups excluding carboxylic acids is 2. The molecule has 0 bridgehead atoms. The molecule has 0 heterocycles. The number of hydrogen-bond donors (Lipinski definition) is 0. The molecule has 0 unspecified atom stereocenters. The van der Waals surface area contributed by atoms with Gasteiger partial charge in [-0.15, -0.1) is 0 Å². The van der Waals surface area contributed by atoms with E-state index >= 15 is 0 Å². The maximum Gasteiger partial charge on any atom is 0.349 e. The second-order valence-electron chi connectivity index (χ2n) is 6.37. The van der Waals surface area contributed by atoms with Crippen LogP contribution in [0.1, 0.15) is 15.9 Å². The highest BCUT2D eigenvalue weighted by Crippen LogP contribution is 2.28. The Labute approximate surface area is 180 Å². The van der Waals surface area contributed by atoms with Crippen LogP contribution in [0.25, 0.3) is 0 Å². The fourth-order valence-electron chi connectivity index (χ4n) is 2.66. The van der Waals surface area contributed by atoms with E-state index in [-0.39, 0.29) is 23.7 Å². The third-order valence-corrected chi connectivity index (χ3v) is 4.24. The Morgan fingerprint density at radius 2 is 1.45 bits per heavy atom. The van der Waals surface area contributed by atoms with Crippen molar-refractivity contribution in [3.63, 3.8) is 0 Å². The summed E-state index contributed by atoms with van der Waals surface area (Å²) in [4.78, 5) is 23.7. The molecule has 0 spiro atoms. The Hall–Kier alpha value is -4.00. The summed E-state index contributed by atoms with van der Waals surface area (Å²) in [6, 6.07) is 21.2. The van der Waals surface area contributed by atoms with Crippen molar-refractivity contribution in [2.75, 3.05) is 20.8 Å². The van der Waals surface area contributed by atoms with Gasteiger partial charge in [0.15, 0.2) is 18.1 Å². The summed E-state index contributed by atoms with van der Waals surface area (Å²) in [5, 5.41) is 0. The minimum absolute atomic E-state index is 0.174. The zero-order valence-electron chi connectivity index (χ0n) is 17.2. The third-order valence-electron chi connectivity index (χ3n) is 4.24. The van der Waals surface area contributed by atoms with Crippen LogP contribution in [0.3, 0.4) is 0 Å². The highest BCUT2D eigenvalue weighted by Gasteiger charge is 2.14. The van der Waals surface area contributed by atoms with E-state index in [9.17, 15) is 9.59 Å². The van der Waals surface area contributed by atoms with Crippen LogP contribution in [-0.2, 0) is 16.1 Å². The smallest absolute Gasteiger partial charge is 0.349 e. The predicted octanol–water partition coefficient (Wildman–Crippen LogP) is 4.05. The van der Waals surface area contributed by atoms with Gasteiger partial charge in [0.05, 0.1) is 19.8 Å². The highest BCUT2D eigenvalue weighted by molar-refractivity contribution is 5.90. The lowest BCUT2D eigenvalue weighted by Gasteiger charge is -2.11. The molecular weight excluding hydrogens is 400 g/mol. The zero-order chi connectivity index (χ0) is 22.1. The van der Waals surface area contributed by atoms with Gasteiger partial charge in [0.2, 0.25) is 0 Å². The van der Waals surface area contributed by atoms with Crippen molar-refractivity contribution in [1.29, 1.82) is 0 Å². The molecule has 0 N–H and O–H groups in total. The number of rotatable bonds is 9. The van der Waals surface area contributed by atoms with Crippen LogP contribution in [0.5, 0.6) is 23.0 Å². The van der Waals surface area contributed by atoms with Crippen LogP contribution in [0.15, 0.2) is 72.8 Å². The predicted molar refractivity (Wildman–Crippen MR) is 113 cm³/mol. The molecule has 7 heteroatoms.